The molecule has 1 heterocycles. The standard InChI is InChI=1S/C19H34N.2ClH.2H2O.Ti/c1-14(18(3,4)5)12-16(17-10-9-11-20-17)13-15(2)19(6,7)8;;;;;/h9-11,14,16,20H,12-13H2,1-8H3;2*1H;2*1H2;/q-1;;;;;+2/p-2. The third kappa shape index (κ3) is 12.5. The Bertz CT molecular complexity index is 392. The molecule has 0 amide bonds. The van der Waals surface area contributed by atoms with Gasteiger partial charge in [0.2, 0.25) is 0 Å². The van der Waals surface area contributed by atoms with Gasteiger partial charge in [-0.1, -0.05) is 48.5 Å². The molecule has 2 atom stereocenters. The Labute approximate surface area is 171 Å². The molecule has 5 N–H and O–H groups in total. The molecule has 1 rings (SSSR count). The molecule has 0 spiro atoms. The molecule has 0 saturated carbocycles. The predicted octanol–water partition coefficient (Wildman–Crippen LogP) is 5.93. The van der Waals surface area contributed by atoms with Gasteiger partial charge in [0.05, 0.1) is 0 Å². The van der Waals surface area contributed by atoms with Gasteiger partial charge in [0, 0.05) is 11.9 Å². The van der Waals surface area contributed by atoms with E-state index in [1.54, 1.807) is 5.92 Å². The van der Waals surface area contributed by atoms with Crippen molar-refractivity contribution in [2.75, 3.05) is 0 Å². The molecule has 150 valence electrons. The summed E-state index contributed by atoms with van der Waals surface area (Å²) in [4.78, 5) is 3.44. The van der Waals surface area contributed by atoms with Crippen LogP contribution < -0.4 is 0 Å². The molecule has 0 radical (unpaired) electrons. The third-order valence-electron chi connectivity index (χ3n) is 5.01. The van der Waals surface area contributed by atoms with Crippen molar-refractivity contribution >= 4 is 18.6 Å². The summed E-state index contributed by atoms with van der Waals surface area (Å²) in [6, 6.07) is 4.37. The van der Waals surface area contributed by atoms with E-state index < -0.39 is 17.0 Å². The van der Waals surface area contributed by atoms with Crippen LogP contribution in [0.4, 0.5) is 0 Å². The number of H-pyrrole nitrogens is 1. The Morgan fingerprint density at radius 2 is 1.60 bits per heavy atom. The van der Waals surface area contributed by atoms with Gasteiger partial charge in [0.1, 0.15) is 0 Å². The SMILES string of the molecule is C[C-](CC(CC(C)C(C)(C)C)c1ccc[nH]1)C(C)(C)C.O.O.[Cl][Ti][Cl]. The number of nitrogens with one attached hydrogen (secondary N) is 1. The van der Waals surface area contributed by atoms with E-state index in [9.17, 15) is 0 Å². The number of halogens is 2. The quantitative estimate of drug-likeness (QED) is 0.443. The molecule has 3 nitrogen and oxygen atoms in total. The van der Waals surface area contributed by atoms with Crippen LogP contribution >= 0.6 is 18.6 Å². The first kappa shape index (κ1) is 30.2. The molecule has 2 unspecified atom stereocenters. The van der Waals surface area contributed by atoms with Gasteiger partial charge in [0.15, 0.2) is 0 Å². The van der Waals surface area contributed by atoms with Crippen molar-refractivity contribution in [3.8, 4) is 0 Å². The molecule has 0 saturated heterocycles. The first-order valence-electron chi connectivity index (χ1n) is 8.35. The first-order chi connectivity index (χ1) is 10.4. The van der Waals surface area contributed by atoms with Crippen LogP contribution in [0.15, 0.2) is 18.3 Å². The molecule has 1 aromatic heterocycles. The summed E-state index contributed by atoms with van der Waals surface area (Å²) in [6.07, 6.45) is 4.48. The molecule has 0 fully saturated rings. The topological polar surface area (TPSA) is 78.8 Å². The van der Waals surface area contributed by atoms with E-state index in [0.717, 1.165) is 0 Å². The van der Waals surface area contributed by atoms with Crippen molar-refractivity contribution < 1.29 is 28.0 Å². The Hall–Kier alpha value is 0.494. The normalized spacial score (nSPS) is 13.7. The van der Waals surface area contributed by atoms with Crippen LogP contribution in [-0.4, -0.2) is 15.9 Å². The van der Waals surface area contributed by atoms with Gasteiger partial charge in [-0.25, -0.2) is 0 Å². The minimum absolute atomic E-state index is 0. The second kappa shape index (κ2) is 13.6. The fraction of sp³-hybridized carbons (Fsp3) is 0.737. The van der Waals surface area contributed by atoms with Crippen LogP contribution in [-0.2, 0) is 17.0 Å². The third-order valence-corrected chi connectivity index (χ3v) is 5.01. The maximum atomic E-state index is 4.89. The average Bonchev–Trinajstić information content (AvgIpc) is 2.90. The van der Waals surface area contributed by atoms with Crippen LogP contribution in [0.3, 0.4) is 0 Å². The fourth-order valence-corrected chi connectivity index (χ4v) is 2.37. The summed E-state index contributed by atoms with van der Waals surface area (Å²) in [6.45, 7) is 18.7. The van der Waals surface area contributed by atoms with E-state index in [4.69, 9.17) is 18.6 Å². The fourth-order valence-electron chi connectivity index (χ4n) is 2.37. The number of aromatic amines is 1. The van der Waals surface area contributed by atoms with Gasteiger partial charge in [0.25, 0.3) is 0 Å². The van der Waals surface area contributed by atoms with Crippen LogP contribution in [0.1, 0.15) is 79.8 Å². The summed E-state index contributed by atoms with van der Waals surface area (Å²) < 4.78 is 0. The van der Waals surface area contributed by atoms with Crippen molar-refractivity contribution in [3.05, 3.63) is 29.9 Å². The van der Waals surface area contributed by atoms with Gasteiger partial charge in [-0.15, -0.1) is 0 Å². The van der Waals surface area contributed by atoms with E-state index in [2.05, 4.69) is 78.7 Å². The zero-order chi connectivity index (χ0) is 18.3. The predicted molar refractivity (Wildman–Crippen MR) is 109 cm³/mol. The molecule has 25 heavy (non-hydrogen) atoms. The van der Waals surface area contributed by atoms with Crippen LogP contribution in [0.25, 0.3) is 0 Å². The van der Waals surface area contributed by atoms with Gasteiger partial charge in [-0.3, -0.25) is 0 Å². The number of hydrogen-bond acceptors (Lipinski definition) is 0. The zero-order valence-electron chi connectivity index (χ0n) is 17.1. The molecule has 0 aliphatic rings. The summed E-state index contributed by atoms with van der Waals surface area (Å²) >= 11 is -0.556. The van der Waals surface area contributed by atoms with Gasteiger partial charge >= 0.3 is 35.6 Å². The van der Waals surface area contributed by atoms with Crippen molar-refractivity contribution in [2.45, 2.75) is 74.1 Å². The van der Waals surface area contributed by atoms with E-state index in [-0.39, 0.29) is 11.0 Å². The second-order valence-electron chi connectivity index (χ2n) is 8.63. The van der Waals surface area contributed by atoms with Crippen LogP contribution in [0.5, 0.6) is 0 Å². The Morgan fingerprint density at radius 3 is 1.92 bits per heavy atom. The number of rotatable bonds is 5. The molecule has 1 aromatic rings. The summed E-state index contributed by atoms with van der Waals surface area (Å²) in [5.41, 5.74) is 2.07. The minimum atomic E-state index is -0.556. The number of hydrogen-bond donors (Lipinski definition) is 1. The van der Waals surface area contributed by atoms with Crippen LogP contribution in [0, 0.1) is 22.7 Å². The molecular weight excluding hydrogens is 393 g/mol. The van der Waals surface area contributed by atoms with Crippen LogP contribution in [0.2, 0.25) is 0 Å². The molecule has 0 aliphatic carbocycles. The first-order valence-corrected chi connectivity index (χ1v) is 12.7. The van der Waals surface area contributed by atoms with Gasteiger partial charge in [-0.2, -0.15) is 18.8 Å². The zero-order valence-corrected chi connectivity index (χ0v) is 20.1. The van der Waals surface area contributed by atoms with E-state index in [0.29, 0.717) is 22.7 Å². The Kier molecular flexibility index (Phi) is 16.5. The molecule has 0 bridgehead atoms. The van der Waals surface area contributed by atoms with Gasteiger partial charge < -0.3 is 21.9 Å². The van der Waals surface area contributed by atoms with Crippen molar-refractivity contribution in [1.29, 1.82) is 0 Å². The van der Waals surface area contributed by atoms with Crippen molar-refractivity contribution in [1.82, 2.24) is 4.98 Å². The van der Waals surface area contributed by atoms with Crippen molar-refractivity contribution in [3.63, 3.8) is 0 Å². The monoisotopic (exact) mass is 430 g/mol. The van der Waals surface area contributed by atoms with Crippen molar-refractivity contribution in [2.24, 2.45) is 16.7 Å². The average molecular weight is 431 g/mol. The second-order valence-corrected chi connectivity index (χ2v) is 11.2. The Morgan fingerprint density at radius 1 is 1.12 bits per heavy atom. The Balaban J connectivity index is -0.000000900. The summed E-state index contributed by atoms with van der Waals surface area (Å²) in [7, 11) is 9.78. The summed E-state index contributed by atoms with van der Waals surface area (Å²) in [5, 5.41) is 0. The molecule has 6 heteroatoms. The molecule has 0 aromatic carbocycles. The molecule has 0 aliphatic heterocycles. The molecular formula is C19H38Cl2NO2Ti-. The van der Waals surface area contributed by atoms with E-state index >= 15 is 0 Å². The maximum absolute atomic E-state index is 4.89. The van der Waals surface area contributed by atoms with E-state index in [1.165, 1.54) is 18.5 Å². The summed E-state index contributed by atoms with van der Waals surface area (Å²) in [5.74, 6) is 2.92. The van der Waals surface area contributed by atoms with Gasteiger partial charge in [-0.05, 0) is 35.8 Å². The van der Waals surface area contributed by atoms with E-state index in [1.807, 2.05) is 0 Å². The number of aromatic nitrogens is 1.